The molecule has 5 heteroatoms. The fourth-order valence-corrected chi connectivity index (χ4v) is 4.71. The summed E-state index contributed by atoms with van der Waals surface area (Å²) in [6.45, 7) is 7.11. The fraction of sp³-hybridized carbons (Fsp3) is 0.650. The highest BCUT2D eigenvalue weighted by Crippen LogP contribution is 2.47. The number of nitrogens with zero attached hydrogens (tertiary/aromatic N) is 1. The van der Waals surface area contributed by atoms with Crippen molar-refractivity contribution in [3.05, 3.63) is 34.9 Å². The first-order valence-corrected chi connectivity index (χ1v) is 9.51. The number of aliphatic hydroxyl groups is 1. The zero-order valence-corrected chi connectivity index (χ0v) is 16.1. The van der Waals surface area contributed by atoms with Gasteiger partial charge in [0.1, 0.15) is 0 Å². The van der Waals surface area contributed by atoms with Crippen molar-refractivity contribution in [2.24, 2.45) is 17.1 Å². The standard InChI is InChI=1S/C20H29ClN2O2/c1-18(2)13-23(17(24)16-5-4-10-19(16,3)22)12-11-20(18,25)14-6-8-15(21)9-7-14/h6-9,16,25H,4-5,10-13,22H2,1-3H3/t16-,19-,20?/m0/s1. The van der Waals surface area contributed by atoms with Crippen molar-refractivity contribution in [3.63, 3.8) is 0 Å². The molecule has 1 aromatic rings. The van der Waals surface area contributed by atoms with E-state index in [1.807, 2.05) is 37.8 Å². The fourth-order valence-electron chi connectivity index (χ4n) is 4.59. The summed E-state index contributed by atoms with van der Waals surface area (Å²) < 4.78 is 0. The number of rotatable bonds is 2. The van der Waals surface area contributed by atoms with Gasteiger partial charge in [0.25, 0.3) is 0 Å². The Balaban J connectivity index is 1.80. The van der Waals surface area contributed by atoms with Crippen molar-refractivity contribution in [2.75, 3.05) is 13.1 Å². The average Bonchev–Trinajstić information content (AvgIpc) is 2.89. The molecule has 0 radical (unpaired) electrons. The SMILES string of the molecule is CC1(C)CN(C(=O)[C@@H]2CCC[C@]2(C)N)CCC1(O)c1ccc(Cl)cc1. The summed E-state index contributed by atoms with van der Waals surface area (Å²) in [6, 6.07) is 7.38. The summed E-state index contributed by atoms with van der Waals surface area (Å²) in [4.78, 5) is 15.0. The van der Waals surface area contributed by atoms with Crippen LogP contribution in [0.1, 0.15) is 52.0 Å². The first-order chi connectivity index (χ1) is 11.6. The van der Waals surface area contributed by atoms with Crippen molar-refractivity contribution in [1.82, 2.24) is 4.90 Å². The topological polar surface area (TPSA) is 66.6 Å². The molecule has 1 heterocycles. The normalized spacial score (nSPS) is 35.0. The van der Waals surface area contributed by atoms with Crippen LogP contribution in [0.3, 0.4) is 0 Å². The van der Waals surface area contributed by atoms with E-state index in [1.54, 1.807) is 12.1 Å². The van der Waals surface area contributed by atoms with E-state index < -0.39 is 16.6 Å². The zero-order chi connectivity index (χ0) is 18.5. The molecule has 4 nitrogen and oxygen atoms in total. The monoisotopic (exact) mass is 364 g/mol. The van der Waals surface area contributed by atoms with Gasteiger partial charge in [-0.2, -0.15) is 0 Å². The molecule has 3 rings (SSSR count). The Bertz CT molecular complexity index is 656. The Kier molecular flexibility index (Phi) is 4.68. The molecule has 0 aromatic heterocycles. The van der Waals surface area contributed by atoms with Crippen LogP contribution in [-0.2, 0) is 10.4 Å². The molecule has 0 bridgehead atoms. The lowest BCUT2D eigenvalue weighted by Crippen LogP contribution is -2.59. The smallest absolute Gasteiger partial charge is 0.227 e. The molecule has 1 saturated carbocycles. The van der Waals surface area contributed by atoms with Crippen molar-refractivity contribution < 1.29 is 9.90 Å². The van der Waals surface area contributed by atoms with E-state index >= 15 is 0 Å². The summed E-state index contributed by atoms with van der Waals surface area (Å²) >= 11 is 5.98. The molecule has 1 aromatic carbocycles. The number of benzene rings is 1. The lowest BCUT2D eigenvalue weighted by Gasteiger charge is -2.51. The van der Waals surface area contributed by atoms with Crippen LogP contribution in [0.25, 0.3) is 0 Å². The van der Waals surface area contributed by atoms with E-state index in [0.717, 1.165) is 24.8 Å². The van der Waals surface area contributed by atoms with Crippen LogP contribution in [0.5, 0.6) is 0 Å². The maximum absolute atomic E-state index is 13.0. The molecule has 1 aliphatic carbocycles. The molecule has 3 atom stereocenters. The maximum atomic E-state index is 13.0. The Hall–Kier alpha value is -1.10. The third-order valence-electron chi connectivity index (χ3n) is 6.39. The molecule has 1 unspecified atom stereocenters. The predicted octanol–water partition coefficient (Wildman–Crippen LogP) is 3.30. The number of piperidine rings is 1. The Morgan fingerprint density at radius 3 is 2.40 bits per heavy atom. The van der Waals surface area contributed by atoms with Crippen molar-refractivity contribution >= 4 is 17.5 Å². The highest BCUT2D eigenvalue weighted by Gasteiger charge is 2.51. The van der Waals surface area contributed by atoms with Gasteiger partial charge in [0.05, 0.1) is 11.5 Å². The molecule has 1 aliphatic heterocycles. The first-order valence-electron chi connectivity index (χ1n) is 9.13. The van der Waals surface area contributed by atoms with Crippen LogP contribution in [0.4, 0.5) is 0 Å². The molecule has 1 saturated heterocycles. The molecule has 3 N–H and O–H groups in total. The van der Waals surface area contributed by atoms with Gasteiger partial charge >= 0.3 is 0 Å². The minimum absolute atomic E-state index is 0.106. The van der Waals surface area contributed by atoms with Gasteiger partial charge in [-0.1, -0.05) is 44.0 Å². The van der Waals surface area contributed by atoms with E-state index in [-0.39, 0.29) is 11.8 Å². The van der Waals surface area contributed by atoms with E-state index in [9.17, 15) is 9.90 Å². The van der Waals surface area contributed by atoms with Crippen LogP contribution in [0.2, 0.25) is 5.02 Å². The van der Waals surface area contributed by atoms with Gasteiger partial charge in [0, 0.05) is 29.1 Å². The second-order valence-corrected chi connectivity index (χ2v) is 9.15. The van der Waals surface area contributed by atoms with Gasteiger partial charge < -0.3 is 15.7 Å². The summed E-state index contributed by atoms with van der Waals surface area (Å²) in [6.07, 6.45) is 3.29. The third kappa shape index (κ3) is 3.20. The van der Waals surface area contributed by atoms with E-state index in [4.69, 9.17) is 17.3 Å². The highest BCUT2D eigenvalue weighted by molar-refractivity contribution is 6.30. The van der Waals surface area contributed by atoms with E-state index in [2.05, 4.69) is 0 Å². The van der Waals surface area contributed by atoms with E-state index in [1.165, 1.54) is 0 Å². The number of carbonyl (C=O) groups is 1. The number of likely N-dealkylation sites (tertiary alicyclic amines) is 1. The largest absolute Gasteiger partial charge is 0.384 e. The second kappa shape index (κ2) is 6.26. The van der Waals surface area contributed by atoms with Crippen LogP contribution >= 0.6 is 11.6 Å². The number of hydrogen-bond acceptors (Lipinski definition) is 3. The number of hydrogen-bond donors (Lipinski definition) is 2. The van der Waals surface area contributed by atoms with Gasteiger partial charge in [-0.3, -0.25) is 4.79 Å². The molecule has 138 valence electrons. The van der Waals surface area contributed by atoms with Crippen molar-refractivity contribution in [2.45, 2.75) is 57.6 Å². The highest BCUT2D eigenvalue weighted by atomic mass is 35.5. The minimum atomic E-state index is -0.976. The average molecular weight is 365 g/mol. The summed E-state index contributed by atoms with van der Waals surface area (Å²) in [5.74, 6) is 0.0405. The number of nitrogens with two attached hydrogens (primary N) is 1. The Morgan fingerprint density at radius 1 is 1.24 bits per heavy atom. The lowest BCUT2D eigenvalue weighted by atomic mass is 9.66. The van der Waals surface area contributed by atoms with Gasteiger partial charge in [0.2, 0.25) is 5.91 Å². The van der Waals surface area contributed by atoms with Crippen LogP contribution in [-0.4, -0.2) is 34.5 Å². The van der Waals surface area contributed by atoms with Crippen molar-refractivity contribution in [1.29, 1.82) is 0 Å². The molecule has 1 amide bonds. The van der Waals surface area contributed by atoms with Gasteiger partial charge in [-0.15, -0.1) is 0 Å². The molecular formula is C20H29ClN2O2. The first kappa shape index (κ1) is 18.7. The quantitative estimate of drug-likeness (QED) is 0.846. The van der Waals surface area contributed by atoms with Gasteiger partial charge in [0.15, 0.2) is 0 Å². The van der Waals surface area contributed by atoms with E-state index in [0.29, 0.717) is 24.5 Å². The predicted molar refractivity (Wildman–Crippen MR) is 100 cm³/mol. The van der Waals surface area contributed by atoms with Crippen LogP contribution in [0, 0.1) is 11.3 Å². The van der Waals surface area contributed by atoms with Crippen LogP contribution < -0.4 is 5.73 Å². The van der Waals surface area contributed by atoms with Crippen molar-refractivity contribution in [3.8, 4) is 0 Å². The van der Waals surface area contributed by atoms with Gasteiger partial charge in [-0.25, -0.2) is 0 Å². The lowest BCUT2D eigenvalue weighted by molar-refractivity contribution is -0.157. The molecule has 0 spiro atoms. The molecular weight excluding hydrogens is 336 g/mol. The molecule has 2 fully saturated rings. The van der Waals surface area contributed by atoms with Crippen LogP contribution in [0.15, 0.2) is 24.3 Å². The molecule has 2 aliphatic rings. The maximum Gasteiger partial charge on any atom is 0.227 e. The Morgan fingerprint density at radius 2 is 1.88 bits per heavy atom. The zero-order valence-electron chi connectivity index (χ0n) is 15.4. The number of amides is 1. The second-order valence-electron chi connectivity index (χ2n) is 8.71. The number of carbonyl (C=O) groups excluding carboxylic acids is 1. The molecule has 25 heavy (non-hydrogen) atoms. The Labute approximate surface area is 155 Å². The summed E-state index contributed by atoms with van der Waals surface area (Å²) in [7, 11) is 0. The summed E-state index contributed by atoms with van der Waals surface area (Å²) in [5, 5.41) is 12.1. The summed E-state index contributed by atoms with van der Waals surface area (Å²) in [5.41, 5.74) is 5.36. The minimum Gasteiger partial charge on any atom is -0.384 e. The number of halogens is 1. The third-order valence-corrected chi connectivity index (χ3v) is 6.64. The van der Waals surface area contributed by atoms with Gasteiger partial charge in [-0.05, 0) is 43.9 Å².